The van der Waals surface area contributed by atoms with Gasteiger partial charge in [-0.25, -0.2) is 4.79 Å². The molecule has 0 bridgehead atoms. The molecule has 0 atom stereocenters. The van der Waals surface area contributed by atoms with Gasteiger partial charge in [-0.05, 0) is 68.6 Å². The van der Waals surface area contributed by atoms with Crippen molar-refractivity contribution in [3.63, 3.8) is 0 Å². The van der Waals surface area contributed by atoms with Gasteiger partial charge in [-0.15, -0.1) is 34.3 Å². The minimum atomic E-state index is -1.71. The molecule has 0 unspecified atom stereocenters. The summed E-state index contributed by atoms with van der Waals surface area (Å²) in [6.07, 6.45) is 4.49. The van der Waals surface area contributed by atoms with Crippen molar-refractivity contribution >= 4 is 40.2 Å². The van der Waals surface area contributed by atoms with Crippen LogP contribution in [0.1, 0.15) is 41.9 Å². The van der Waals surface area contributed by atoms with Gasteiger partial charge in [-0.1, -0.05) is 12.1 Å². The lowest BCUT2D eigenvalue weighted by atomic mass is 9.91. The van der Waals surface area contributed by atoms with Crippen molar-refractivity contribution in [2.75, 3.05) is 19.5 Å². The summed E-state index contributed by atoms with van der Waals surface area (Å²) in [7, 11) is 2.13. The minimum absolute atomic E-state index is 0.137. The lowest BCUT2D eigenvalue weighted by molar-refractivity contribution is -0.169. The van der Waals surface area contributed by atoms with Crippen molar-refractivity contribution in [3.8, 4) is 0 Å². The second kappa shape index (κ2) is 9.52. The standard InChI is InChI=1S/C20H26ClNO3S2/c1-22(12-4-11-21)15-7-9-16(10-8-15)25-19(23)20(24,17-5-2-13-26-17)18-6-3-14-27-18/h2-3,5-6,13-16,24H,4,7-12H2,1H3/t15-,16-. The molecule has 148 valence electrons. The summed E-state index contributed by atoms with van der Waals surface area (Å²) < 4.78 is 5.80. The molecule has 2 aromatic rings. The number of halogens is 1. The fourth-order valence-electron chi connectivity index (χ4n) is 3.62. The first-order valence-electron chi connectivity index (χ1n) is 9.33. The average Bonchev–Trinajstić information content (AvgIpc) is 3.40. The molecule has 2 aromatic heterocycles. The molecule has 0 amide bonds. The van der Waals surface area contributed by atoms with Crippen LogP contribution in [0.3, 0.4) is 0 Å². The zero-order valence-corrected chi connectivity index (χ0v) is 17.9. The molecule has 3 rings (SSSR count). The van der Waals surface area contributed by atoms with Gasteiger partial charge in [-0.3, -0.25) is 0 Å². The highest BCUT2D eigenvalue weighted by Gasteiger charge is 2.45. The summed E-state index contributed by atoms with van der Waals surface area (Å²) in [5.74, 6) is 0.118. The first-order valence-corrected chi connectivity index (χ1v) is 11.6. The Kier molecular flexibility index (Phi) is 7.34. The molecule has 0 aliphatic heterocycles. The fraction of sp³-hybridized carbons (Fsp3) is 0.550. The molecule has 1 aliphatic carbocycles. The molecular weight excluding hydrogens is 402 g/mol. The van der Waals surface area contributed by atoms with Crippen LogP contribution in [-0.4, -0.2) is 47.6 Å². The molecule has 1 aliphatic rings. The van der Waals surface area contributed by atoms with Crippen LogP contribution >= 0.6 is 34.3 Å². The zero-order valence-electron chi connectivity index (χ0n) is 15.5. The van der Waals surface area contributed by atoms with Gasteiger partial charge in [-0.2, -0.15) is 0 Å². The number of hydrogen-bond acceptors (Lipinski definition) is 6. The summed E-state index contributed by atoms with van der Waals surface area (Å²) in [6.45, 7) is 0.995. The van der Waals surface area contributed by atoms with Gasteiger partial charge >= 0.3 is 5.97 Å². The Bertz CT molecular complexity index is 663. The molecule has 1 saturated carbocycles. The van der Waals surface area contributed by atoms with Crippen LogP contribution in [-0.2, 0) is 15.1 Å². The van der Waals surface area contributed by atoms with Gasteiger partial charge in [0, 0.05) is 11.9 Å². The lowest BCUT2D eigenvalue weighted by Gasteiger charge is -2.35. The number of rotatable bonds is 8. The number of nitrogens with zero attached hydrogens (tertiary/aromatic N) is 1. The Labute approximate surface area is 173 Å². The van der Waals surface area contributed by atoms with E-state index < -0.39 is 11.6 Å². The second-order valence-electron chi connectivity index (χ2n) is 7.02. The number of aliphatic hydroxyl groups is 1. The van der Waals surface area contributed by atoms with Crippen molar-refractivity contribution in [2.24, 2.45) is 0 Å². The van der Waals surface area contributed by atoms with Crippen LogP contribution in [0.4, 0.5) is 0 Å². The van der Waals surface area contributed by atoms with Crippen molar-refractivity contribution in [1.29, 1.82) is 0 Å². The Morgan fingerprint density at radius 2 is 1.81 bits per heavy atom. The van der Waals surface area contributed by atoms with Gasteiger partial charge < -0.3 is 14.7 Å². The molecular formula is C20H26ClNO3S2. The highest BCUT2D eigenvalue weighted by Crippen LogP contribution is 2.38. The predicted molar refractivity (Wildman–Crippen MR) is 112 cm³/mol. The van der Waals surface area contributed by atoms with E-state index in [4.69, 9.17) is 16.3 Å². The molecule has 0 radical (unpaired) electrons. The van der Waals surface area contributed by atoms with E-state index in [9.17, 15) is 9.90 Å². The van der Waals surface area contributed by atoms with Crippen LogP contribution < -0.4 is 0 Å². The first kappa shape index (κ1) is 20.8. The average molecular weight is 428 g/mol. The largest absolute Gasteiger partial charge is 0.460 e. The molecule has 0 aromatic carbocycles. The summed E-state index contributed by atoms with van der Waals surface area (Å²) in [5.41, 5.74) is -1.71. The van der Waals surface area contributed by atoms with E-state index in [-0.39, 0.29) is 6.10 Å². The van der Waals surface area contributed by atoms with E-state index in [1.54, 1.807) is 12.1 Å². The van der Waals surface area contributed by atoms with Gasteiger partial charge in [0.05, 0.1) is 9.75 Å². The maximum absolute atomic E-state index is 13.0. The third-order valence-electron chi connectivity index (χ3n) is 5.24. The number of carbonyl (C=O) groups is 1. The Hall–Kier alpha value is -0.920. The number of esters is 1. The molecule has 4 nitrogen and oxygen atoms in total. The summed E-state index contributed by atoms with van der Waals surface area (Å²) in [4.78, 5) is 16.6. The quantitative estimate of drug-likeness (QED) is 0.499. The molecule has 1 fully saturated rings. The third-order valence-corrected chi connectivity index (χ3v) is 7.46. The number of alkyl halides is 1. The number of carbonyl (C=O) groups excluding carboxylic acids is 1. The molecule has 1 N–H and O–H groups in total. The predicted octanol–water partition coefficient (Wildman–Crippen LogP) is 4.46. The Morgan fingerprint density at radius 3 is 2.30 bits per heavy atom. The first-order chi connectivity index (χ1) is 13.1. The maximum Gasteiger partial charge on any atom is 0.349 e. The van der Waals surface area contributed by atoms with Crippen LogP contribution in [0.2, 0.25) is 0 Å². The van der Waals surface area contributed by atoms with E-state index >= 15 is 0 Å². The monoisotopic (exact) mass is 427 g/mol. The van der Waals surface area contributed by atoms with Crippen molar-refractivity contribution in [2.45, 2.75) is 49.9 Å². The van der Waals surface area contributed by atoms with Crippen LogP contribution in [0.15, 0.2) is 35.0 Å². The smallest absolute Gasteiger partial charge is 0.349 e. The van der Waals surface area contributed by atoms with Crippen LogP contribution in [0.5, 0.6) is 0 Å². The van der Waals surface area contributed by atoms with Crippen LogP contribution in [0.25, 0.3) is 0 Å². The van der Waals surface area contributed by atoms with E-state index in [0.717, 1.165) is 38.6 Å². The molecule has 27 heavy (non-hydrogen) atoms. The molecule has 7 heteroatoms. The Morgan fingerprint density at radius 1 is 1.22 bits per heavy atom. The number of hydrogen-bond donors (Lipinski definition) is 1. The fourth-order valence-corrected chi connectivity index (χ4v) is 5.46. The SMILES string of the molecule is CN(CCCCl)[C@H]1CC[C@H](OC(=O)C(O)(c2cccs2)c2cccs2)CC1. The summed E-state index contributed by atoms with van der Waals surface area (Å²) >= 11 is 8.52. The van der Waals surface area contributed by atoms with E-state index in [0.29, 0.717) is 21.7 Å². The lowest BCUT2D eigenvalue weighted by Crippen LogP contribution is -2.42. The van der Waals surface area contributed by atoms with Gasteiger partial charge in [0.25, 0.3) is 0 Å². The number of ether oxygens (including phenoxy) is 1. The second-order valence-corrected chi connectivity index (χ2v) is 9.30. The minimum Gasteiger partial charge on any atom is -0.460 e. The van der Waals surface area contributed by atoms with Crippen molar-refractivity contribution in [1.82, 2.24) is 4.90 Å². The topological polar surface area (TPSA) is 49.8 Å². The van der Waals surface area contributed by atoms with E-state index in [2.05, 4.69) is 11.9 Å². The normalized spacial score (nSPS) is 20.7. The Balaban J connectivity index is 1.63. The molecule has 2 heterocycles. The van der Waals surface area contributed by atoms with Gasteiger partial charge in [0.1, 0.15) is 6.10 Å². The van der Waals surface area contributed by atoms with Crippen molar-refractivity contribution in [3.05, 3.63) is 44.8 Å². The van der Waals surface area contributed by atoms with Gasteiger partial charge in [0.15, 0.2) is 0 Å². The number of thiophene rings is 2. The van der Waals surface area contributed by atoms with Crippen LogP contribution in [0, 0.1) is 0 Å². The zero-order chi connectivity index (χ0) is 19.3. The molecule has 0 saturated heterocycles. The van der Waals surface area contributed by atoms with Crippen molar-refractivity contribution < 1.29 is 14.6 Å². The van der Waals surface area contributed by atoms with E-state index in [1.807, 2.05) is 22.9 Å². The highest BCUT2D eigenvalue weighted by atomic mass is 35.5. The van der Waals surface area contributed by atoms with E-state index in [1.165, 1.54) is 22.7 Å². The van der Waals surface area contributed by atoms with Gasteiger partial charge in [0.2, 0.25) is 5.60 Å². The maximum atomic E-state index is 13.0. The molecule has 0 spiro atoms. The summed E-state index contributed by atoms with van der Waals surface area (Å²) in [5, 5.41) is 15.0. The highest BCUT2D eigenvalue weighted by molar-refractivity contribution is 7.12. The summed E-state index contributed by atoms with van der Waals surface area (Å²) in [6, 6.07) is 7.76. The third kappa shape index (κ3) is 4.74.